The van der Waals surface area contributed by atoms with Gasteiger partial charge in [0.25, 0.3) is 0 Å². The van der Waals surface area contributed by atoms with Gasteiger partial charge in [-0.05, 0) is 19.1 Å². The van der Waals surface area contributed by atoms with Gasteiger partial charge in [-0.25, -0.2) is 9.59 Å². The highest BCUT2D eigenvalue weighted by molar-refractivity contribution is 6.29. The monoisotopic (exact) mass is 251 g/mol. The number of fused-ring (bicyclic) bond motifs is 1. The molecule has 0 bridgehead atoms. The third kappa shape index (κ3) is 2.31. The molecule has 0 spiro atoms. The normalized spacial score (nSPS) is 12.0. The number of hydrogen-bond acceptors (Lipinski definition) is 3. The van der Waals surface area contributed by atoms with Crippen molar-refractivity contribution in [2.45, 2.75) is 13.5 Å². The number of para-hydroxylation sites is 1. The highest BCUT2D eigenvalue weighted by Gasteiger charge is 2.07. The Kier molecular flexibility index (Phi) is 3.15. The second-order valence-corrected chi connectivity index (χ2v) is 4.17. The standard InChI is InChI=1S/C12H10ClNO3/c1-8(13)6-7-14-10-5-3-2-4-9(10)11(15)17-12(14)16/h2-6H,7H2,1H3/b8-6-. The molecule has 0 amide bonds. The number of allylic oxidation sites excluding steroid dienone is 2. The van der Waals surface area contributed by atoms with Crippen LogP contribution in [0.5, 0.6) is 0 Å². The van der Waals surface area contributed by atoms with E-state index in [0.29, 0.717) is 15.9 Å². The minimum Gasteiger partial charge on any atom is -0.372 e. The number of aromatic nitrogens is 1. The van der Waals surface area contributed by atoms with Gasteiger partial charge in [0.05, 0.1) is 10.9 Å². The van der Waals surface area contributed by atoms with Crippen molar-refractivity contribution in [3.63, 3.8) is 0 Å². The maximum Gasteiger partial charge on any atom is 0.422 e. The van der Waals surface area contributed by atoms with Crippen LogP contribution in [0.15, 0.2) is 49.4 Å². The van der Waals surface area contributed by atoms with Crippen molar-refractivity contribution in [2.24, 2.45) is 0 Å². The quantitative estimate of drug-likeness (QED) is 0.821. The van der Waals surface area contributed by atoms with Gasteiger partial charge < -0.3 is 4.42 Å². The number of benzene rings is 1. The van der Waals surface area contributed by atoms with Gasteiger partial charge in [-0.15, -0.1) is 0 Å². The molecule has 0 saturated carbocycles. The third-order valence-corrected chi connectivity index (χ3v) is 2.52. The first-order valence-corrected chi connectivity index (χ1v) is 5.42. The molecule has 17 heavy (non-hydrogen) atoms. The van der Waals surface area contributed by atoms with E-state index in [1.807, 2.05) is 0 Å². The number of hydrogen-bond donors (Lipinski definition) is 0. The molecule has 1 heterocycles. The van der Waals surface area contributed by atoms with E-state index in [1.54, 1.807) is 37.3 Å². The predicted octanol–water partition coefficient (Wildman–Crippen LogP) is 2.10. The van der Waals surface area contributed by atoms with Crippen molar-refractivity contribution < 1.29 is 4.42 Å². The lowest BCUT2D eigenvalue weighted by molar-refractivity contribution is 0.426. The van der Waals surface area contributed by atoms with Gasteiger partial charge >= 0.3 is 11.4 Å². The average molecular weight is 252 g/mol. The molecule has 2 rings (SSSR count). The molecule has 2 aromatic rings. The summed E-state index contributed by atoms with van der Waals surface area (Å²) >= 11 is 5.72. The van der Waals surface area contributed by atoms with E-state index in [4.69, 9.17) is 11.6 Å². The van der Waals surface area contributed by atoms with Crippen molar-refractivity contribution in [3.05, 3.63) is 56.3 Å². The van der Waals surface area contributed by atoms with Crippen LogP contribution in [-0.4, -0.2) is 4.57 Å². The van der Waals surface area contributed by atoms with Gasteiger partial charge in [0.1, 0.15) is 0 Å². The highest BCUT2D eigenvalue weighted by atomic mass is 35.5. The van der Waals surface area contributed by atoms with Crippen LogP contribution in [0.1, 0.15) is 6.92 Å². The Bertz CT molecular complexity index is 693. The van der Waals surface area contributed by atoms with Crippen LogP contribution < -0.4 is 11.4 Å². The molecule has 0 saturated heterocycles. The van der Waals surface area contributed by atoms with E-state index in [0.717, 1.165) is 0 Å². The van der Waals surface area contributed by atoms with Gasteiger partial charge in [0.2, 0.25) is 0 Å². The lowest BCUT2D eigenvalue weighted by atomic mass is 10.2. The Morgan fingerprint density at radius 1 is 1.41 bits per heavy atom. The van der Waals surface area contributed by atoms with Crippen LogP contribution in [0, 0.1) is 0 Å². The zero-order chi connectivity index (χ0) is 12.4. The molecular formula is C12H10ClNO3. The molecule has 1 aromatic heterocycles. The summed E-state index contributed by atoms with van der Waals surface area (Å²) in [4.78, 5) is 23.1. The van der Waals surface area contributed by atoms with E-state index in [1.165, 1.54) is 4.57 Å². The Hall–Kier alpha value is -1.81. The van der Waals surface area contributed by atoms with Crippen molar-refractivity contribution in [1.82, 2.24) is 4.57 Å². The zero-order valence-corrected chi connectivity index (χ0v) is 9.90. The van der Waals surface area contributed by atoms with Crippen LogP contribution in [0.25, 0.3) is 10.9 Å². The molecule has 0 aliphatic rings. The largest absolute Gasteiger partial charge is 0.422 e. The summed E-state index contributed by atoms with van der Waals surface area (Å²) in [6.07, 6.45) is 1.68. The molecule has 0 radical (unpaired) electrons. The predicted molar refractivity (Wildman–Crippen MR) is 66.4 cm³/mol. The summed E-state index contributed by atoms with van der Waals surface area (Å²) in [6, 6.07) is 6.80. The number of nitrogens with zero attached hydrogens (tertiary/aromatic N) is 1. The van der Waals surface area contributed by atoms with Gasteiger partial charge in [-0.1, -0.05) is 29.8 Å². The third-order valence-electron chi connectivity index (χ3n) is 2.37. The fraction of sp³-hybridized carbons (Fsp3) is 0.167. The zero-order valence-electron chi connectivity index (χ0n) is 9.14. The molecule has 0 atom stereocenters. The Balaban J connectivity index is 2.74. The molecule has 0 N–H and O–H groups in total. The van der Waals surface area contributed by atoms with Gasteiger partial charge in [0.15, 0.2) is 0 Å². The van der Waals surface area contributed by atoms with E-state index in [9.17, 15) is 9.59 Å². The summed E-state index contributed by atoms with van der Waals surface area (Å²) in [5, 5.41) is 0.958. The van der Waals surface area contributed by atoms with Gasteiger partial charge in [0, 0.05) is 11.6 Å². The first-order valence-electron chi connectivity index (χ1n) is 5.04. The summed E-state index contributed by atoms with van der Waals surface area (Å²) in [5.74, 6) is -0.678. The first kappa shape index (κ1) is 11.7. The van der Waals surface area contributed by atoms with Crippen molar-refractivity contribution in [1.29, 1.82) is 0 Å². The summed E-state index contributed by atoms with van der Waals surface area (Å²) in [6.45, 7) is 1.99. The highest BCUT2D eigenvalue weighted by Crippen LogP contribution is 2.08. The molecule has 0 aliphatic carbocycles. The van der Waals surface area contributed by atoms with Crippen LogP contribution in [0.3, 0.4) is 0 Å². The van der Waals surface area contributed by atoms with E-state index in [-0.39, 0.29) is 6.54 Å². The molecule has 88 valence electrons. The van der Waals surface area contributed by atoms with Gasteiger partial charge in [-0.2, -0.15) is 0 Å². The minimum absolute atomic E-state index is 0.276. The van der Waals surface area contributed by atoms with Crippen molar-refractivity contribution >= 4 is 22.5 Å². The second-order valence-electron chi connectivity index (χ2n) is 3.57. The molecule has 1 aromatic carbocycles. The lowest BCUT2D eigenvalue weighted by Crippen LogP contribution is -2.24. The molecule has 0 aliphatic heterocycles. The van der Waals surface area contributed by atoms with E-state index >= 15 is 0 Å². The van der Waals surface area contributed by atoms with E-state index in [2.05, 4.69) is 4.42 Å². The maximum absolute atomic E-state index is 11.6. The second kappa shape index (κ2) is 4.59. The minimum atomic E-state index is -0.678. The maximum atomic E-state index is 11.6. The van der Waals surface area contributed by atoms with Crippen LogP contribution in [0.2, 0.25) is 0 Å². The van der Waals surface area contributed by atoms with Crippen LogP contribution in [-0.2, 0) is 6.54 Å². The van der Waals surface area contributed by atoms with Crippen molar-refractivity contribution in [2.75, 3.05) is 0 Å². The molecular weight excluding hydrogens is 242 g/mol. The topological polar surface area (TPSA) is 52.2 Å². The Labute approximate surface area is 102 Å². The number of halogens is 1. The van der Waals surface area contributed by atoms with Crippen molar-refractivity contribution in [3.8, 4) is 0 Å². The Morgan fingerprint density at radius 2 is 2.12 bits per heavy atom. The lowest BCUT2D eigenvalue weighted by Gasteiger charge is -2.05. The fourth-order valence-electron chi connectivity index (χ4n) is 1.56. The number of rotatable bonds is 2. The SMILES string of the molecule is C/C(Cl)=C/Cn1c(=O)oc(=O)c2ccccc21. The average Bonchev–Trinajstić information content (AvgIpc) is 2.28. The molecule has 0 fully saturated rings. The Morgan fingerprint density at radius 3 is 2.82 bits per heavy atom. The molecule has 5 heteroatoms. The summed E-state index contributed by atoms with van der Waals surface area (Å²) in [5.41, 5.74) is -0.0728. The summed E-state index contributed by atoms with van der Waals surface area (Å²) in [7, 11) is 0. The smallest absolute Gasteiger partial charge is 0.372 e. The van der Waals surface area contributed by atoms with Crippen LogP contribution in [0.4, 0.5) is 0 Å². The van der Waals surface area contributed by atoms with Gasteiger partial charge in [-0.3, -0.25) is 4.57 Å². The summed E-state index contributed by atoms with van der Waals surface area (Å²) < 4.78 is 6.00. The molecule has 4 nitrogen and oxygen atoms in total. The molecule has 0 unspecified atom stereocenters. The first-order chi connectivity index (χ1) is 8.09. The van der Waals surface area contributed by atoms with E-state index < -0.39 is 11.4 Å². The fourth-order valence-corrected chi connectivity index (χ4v) is 1.63. The van der Waals surface area contributed by atoms with Crippen LogP contribution >= 0.6 is 11.6 Å².